The number of thioether (sulfide) groups is 1. The summed E-state index contributed by atoms with van der Waals surface area (Å²) in [5.74, 6) is -3.07. The third-order valence-corrected chi connectivity index (χ3v) is 13.5. The fraction of sp³-hybridized carbons (Fsp3) is 0.182. The SMILES string of the molecule is CN(C)CCS(=O)(=O)c1ccc(N=Nc2c(N)c(N=Nc3ccc(S(=O)(=O)CCOS(=O)(=O)O)cc3)c(N)c(N=Nc3ccc(SC#COOS(=O)(=O)O)cc3)c2C(=O)O)c(S(=O)(=O)O)c1.O. The Labute approximate surface area is 385 Å². The zero-order chi connectivity index (χ0) is 49.3. The van der Waals surface area contributed by atoms with Crippen molar-refractivity contribution in [3.63, 3.8) is 0 Å². The van der Waals surface area contributed by atoms with Crippen LogP contribution in [0.3, 0.4) is 0 Å². The maximum Gasteiger partial charge on any atom is 0.433 e. The molecule has 0 aliphatic heterocycles. The first-order chi connectivity index (χ1) is 30.6. The predicted molar refractivity (Wildman–Crippen MR) is 235 cm³/mol. The fourth-order valence-corrected chi connectivity index (χ4v) is 9.02. The molecule has 34 heteroatoms. The number of hydrogen-bond acceptors (Lipinski definition) is 24. The molecule has 0 saturated heterocycles. The Morgan fingerprint density at radius 3 is 1.70 bits per heavy atom. The molecule has 4 aromatic carbocycles. The summed E-state index contributed by atoms with van der Waals surface area (Å²) in [7, 11) is -20.1. The smallest absolute Gasteiger partial charge is 0.433 e. The lowest BCUT2D eigenvalue weighted by Crippen LogP contribution is -2.22. The number of benzene rings is 4. The molecule has 0 unspecified atom stereocenters. The highest BCUT2D eigenvalue weighted by Gasteiger charge is 2.28. The number of carbonyl (C=O) groups is 1. The van der Waals surface area contributed by atoms with Crippen molar-refractivity contribution in [2.75, 3.05) is 50.2 Å². The summed E-state index contributed by atoms with van der Waals surface area (Å²) in [6.45, 7) is -0.844. The van der Waals surface area contributed by atoms with Gasteiger partial charge in [-0.15, -0.1) is 20.5 Å². The summed E-state index contributed by atoms with van der Waals surface area (Å²) < 4.78 is 154. The molecule has 4 rings (SSSR count). The molecule has 0 spiro atoms. The molecule has 10 N–H and O–H groups in total. The van der Waals surface area contributed by atoms with Gasteiger partial charge in [0, 0.05) is 16.7 Å². The van der Waals surface area contributed by atoms with Crippen molar-refractivity contribution in [2.45, 2.75) is 19.6 Å². The highest BCUT2D eigenvalue weighted by Crippen LogP contribution is 2.49. The van der Waals surface area contributed by atoms with Gasteiger partial charge in [-0.25, -0.2) is 25.8 Å². The van der Waals surface area contributed by atoms with Gasteiger partial charge in [-0.05, 0) is 96.9 Å². The van der Waals surface area contributed by atoms with E-state index in [2.05, 4.69) is 49.3 Å². The van der Waals surface area contributed by atoms with Crippen LogP contribution >= 0.6 is 11.8 Å². The molecule has 0 heterocycles. The fourth-order valence-electron chi connectivity index (χ4n) is 4.81. The van der Waals surface area contributed by atoms with E-state index in [1.807, 2.05) is 6.11 Å². The van der Waals surface area contributed by atoms with Crippen LogP contribution in [0.2, 0.25) is 0 Å². The monoisotopic (exact) mass is 1050 g/mol. The van der Waals surface area contributed by atoms with Crippen LogP contribution in [0, 0.1) is 11.4 Å². The molecule has 67 heavy (non-hydrogen) atoms. The molecule has 0 aromatic heterocycles. The van der Waals surface area contributed by atoms with Gasteiger partial charge in [0.2, 0.25) is 0 Å². The van der Waals surface area contributed by atoms with Crippen LogP contribution in [0.4, 0.5) is 45.5 Å². The number of rotatable bonds is 20. The summed E-state index contributed by atoms with van der Waals surface area (Å²) in [6, 6.07) is 12.5. The van der Waals surface area contributed by atoms with E-state index in [0.717, 1.165) is 48.2 Å². The summed E-state index contributed by atoms with van der Waals surface area (Å²) in [5, 5.41) is 36.3. The maximum atomic E-state index is 13.0. The second kappa shape index (κ2) is 22.6. The third kappa shape index (κ3) is 16.3. The number of nitrogens with zero attached hydrogens (tertiary/aromatic N) is 7. The number of anilines is 2. The van der Waals surface area contributed by atoms with Crippen LogP contribution in [0.25, 0.3) is 0 Å². The highest BCUT2D eigenvalue weighted by atomic mass is 32.3. The topological polar surface area (TPSA) is 457 Å². The average molecular weight is 1050 g/mol. The molecule has 4 aromatic rings. The minimum atomic E-state index is -5.22. The van der Waals surface area contributed by atoms with E-state index >= 15 is 0 Å². The van der Waals surface area contributed by atoms with Crippen molar-refractivity contribution in [2.24, 2.45) is 30.7 Å². The van der Waals surface area contributed by atoms with Gasteiger partial charge >= 0.3 is 26.8 Å². The molecule has 0 aliphatic carbocycles. The zero-order valence-electron chi connectivity index (χ0n) is 33.9. The van der Waals surface area contributed by atoms with Crippen LogP contribution < -0.4 is 11.5 Å². The van der Waals surface area contributed by atoms with Crippen molar-refractivity contribution >= 4 is 114 Å². The number of sulfone groups is 2. The van der Waals surface area contributed by atoms with Crippen LogP contribution in [0.5, 0.6) is 0 Å². The lowest BCUT2D eigenvalue weighted by molar-refractivity contribution is -0.135. The van der Waals surface area contributed by atoms with Crippen molar-refractivity contribution in [3.05, 3.63) is 72.3 Å². The number of nitrogen functional groups attached to an aromatic ring is 2. The van der Waals surface area contributed by atoms with Gasteiger partial charge in [-0.3, -0.25) is 18.5 Å². The van der Waals surface area contributed by atoms with Crippen LogP contribution in [0.15, 0.2) is 117 Å². The summed E-state index contributed by atoms with van der Waals surface area (Å²) in [4.78, 5) is 17.0. The standard InChI is InChI=1S/C33H33N9O18S6.H2O/c1-42(2)13-17-62(45,46)24-11-12-25(26(19-24)64(49,50)51)38-40-31-27(33(43)44)30(39-36-20-3-7-22(8-4-20)61-16-14-58-60-66(55,56)57)28(34)32(29(31)35)41-37-21-5-9-23(10-6-21)63(47,48)18-15-59-65(52,53)54;/h3-12,19H,13,15,17-18,34-35H2,1-2H3,(H,43,44)(H,49,50,51)(H,52,53,54)(H,55,56,57);1H2. The molecule has 362 valence electrons. The first-order valence-corrected chi connectivity index (χ1v) is 25.6. The van der Waals surface area contributed by atoms with Crippen LogP contribution in [0.1, 0.15) is 10.4 Å². The maximum absolute atomic E-state index is 13.0. The lowest BCUT2D eigenvalue weighted by atomic mass is 10.1. The van der Waals surface area contributed by atoms with E-state index in [0.29, 0.717) is 11.0 Å². The molecule has 28 nitrogen and oxygen atoms in total. The quantitative estimate of drug-likeness (QED) is 0.0139. The Bertz CT molecular complexity index is 3230. The third-order valence-electron chi connectivity index (χ3n) is 7.86. The molecule has 0 aliphatic rings. The molecule has 0 amide bonds. The number of aromatic carboxylic acids is 1. The van der Waals surface area contributed by atoms with Crippen molar-refractivity contribution in [3.8, 4) is 11.4 Å². The minimum Gasteiger partial charge on any atom is -0.478 e. The number of nitrogens with two attached hydrogens (primary N) is 2. The van der Waals surface area contributed by atoms with Crippen LogP contribution in [-0.4, -0.2) is 116 Å². The molecule has 0 fully saturated rings. The number of azo groups is 3. The van der Waals surface area contributed by atoms with Gasteiger partial charge in [-0.2, -0.15) is 35.5 Å². The number of carboxylic acids is 1. The van der Waals surface area contributed by atoms with Crippen molar-refractivity contribution < 1.29 is 84.5 Å². The van der Waals surface area contributed by atoms with Gasteiger partial charge in [0.1, 0.15) is 33.2 Å². The minimum absolute atomic E-state index is 0. The molecule has 0 bridgehead atoms. The largest absolute Gasteiger partial charge is 0.478 e. The second-order valence-electron chi connectivity index (χ2n) is 12.8. The van der Waals surface area contributed by atoms with Gasteiger partial charge in [-0.1, -0.05) is 0 Å². The molecule has 0 radical (unpaired) electrons. The van der Waals surface area contributed by atoms with E-state index in [4.69, 9.17) is 20.6 Å². The van der Waals surface area contributed by atoms with Gasteiger partial charge in [0.05, 0.1) is 50.7 Å². The van der Waals surface area contributed by atoms with Crippen LogP contribution in [-0.2, 0) is 64.0 Å². The van der Waals surface area contributed by atoms with E-state index in [-0.39, 0.29) is 28.3 Å². The average Bonchev–Trinajstić information content (AvgIpc) is 3.21. The molecule has 0 saturated carbocycles. The Hall–Kier alpha value is -6.07. The number of hydrogen-bond donors (Lipinski definition) is 6. The lowest BCUT2D eigenvalue weighted by Gasteiger charge is -2.13. The summed E-state index contributed by atoms with van der Waals surface area (Å²) in [6.07, 6.45) is 1.85. The van der Waals surface area contributed by atoms with E-state index in [1.54, 1.807) is 19.0 Å². The Morgan fingerprint density at radius 2 is 1.19 bits per heavy atom. The summed E-state index contributed by atoms with van der Waals surface area (Å²) in [5.41, 5.74) is 7.96. The highest BCUT2D eigenvalue weighted by molar-refractivity contribution is 8.04. The predicted octanol–water partition coefficient (Wildman–Crippen LogP) is 3.91. The van der Waals surface area contributed by atoms with Crippen molar-refractivity contribution in [1.29, 1.82) is 0 Å². The van der Waals surface area contributed by atoms with E-state index in [9.17, 15) is 56.5 Å². The van der Waals surface area contributed by atoms with Gasteiger partial charge < -0.3 is 26.9 Å². The number of carboxylic acid groups (broad SMARTS) is 1. The Balaban J connectivity index is 0.0000119. The molecule has 0 atom stereocenters. The normalized spacial score (nSPS) is 12.6. The first-order valence-electron chi connectivity index (χ1n) is 17.3. The first kappa shape index (κ1) is 55.3. The molecular formula is C33H35N9O19S6. The van der Waals surface area contributed by atoms with Gasteiger partial charge in [0.25, 0.3) is 10.1 Å². The summed E-state index contributed by atoms with van der Waals surface area (Å²) >= 11 is 0.809. The van der Waals surface area contributed by atoms with E-state index in [1.165, 1.54) is 24.3 Å². The Kier molecular flexibility index (Phi) is 18.7. The molecular weight excluding hydrogens is 1020 g/mol. The van der Waals surface area contributed by atoms with Crippen molar-refractivity contribution in [1.82, 2.24) is 4.90 Å². The zero-order valence-corrected chi connectivity index (χ0v) is 38.8. The Morgan fingerprint density at radius 1 is 0.687 bits per heavy atom. The second-order valence-corrected chi connectivity index (χ2v) is 21.4. The van der Waals surface area contributed by atoms with Gasteiger partial charge in [0.15, 0.2) is 25.8 Å². The van der Waals surface area contributed by atoms with E-state index < -0.39 is 124 Å².